The first-order valence-corrected chi connectivity index (χ1v) is 8.53. The SMILES string of the molecule is CC(C)C1(C(C)C)NC(C)(C)C=C(c2ccc(F)cc2)C1CO. The first-order chi connectivity index (χ1) is 10.6. The number of hydrogen-bond donors (Lipinski definition) is 2. The van der Waals surface area contributed by atoms with Crippen molar-refractivity contribution in [3.8, 4) is 0 Å². The van der Waals surface area contributed by atoms with E-state index < -0.39 is 0 Å². The van der Waals surface area contributed by atoms with Crippen molar-refractivity contribution in [1.29, 1.82) is 0 Å². The van der Waals surface area contributed by atoms with Crippen LogP contribution in [0.3, 0.4) is 0 Å². The van der Waals surface area contributed by atoms with E-state index in [1.807, 2.05) is 12.1 Å². The average Bonchev–Trinajstić information content (AvgIpc) is 2.45. The highest BCUT2D eigenvalue weighted by atomic mass is 19.1. The number of benzene rings is 1. The van der Waals surface area contributed by atoms with Gasteiger partial charge in [0, 0.05) is 17.0 Å². The topological polar surface area (TPSA) is 32.3 Å². The molecule has 1 atom stereocenters. The Balaban J connectivity index is 2.64. The molecule has 0 amide bonds. The fourth-order valence-corrected chi connectivity index (χ4v) is 4.36. The second-order valence-electron chi connectivity index (χ2n) is 7.93. The lowest BCUT2D eigenvalue weighted by molar-refractivity contribution is 0.0484. The van der Waals surface area contributed by atoms with E-state index in [0.29, 0.717) is 11.8 Å². The molecule has 1 heterocycles. The summed E-state index contributed by atoms with van der Waals surface area (Å²) in [5, 5.41) is 14.0. The lowest BCUT2D eigenvalue weighted by Gasteiger charge is -2.55. The van der Waals surface area contributed by atoms with Crippen LogP contribution in [0.25, 0.3) is 5.57 Å². The summed E-state index contributed by atoms with van der Waals surface area (Å²) < 4.78 is 13.3. The van der Waals surface area contributed by atoms with Gasteiger partial charge in [-0.05, 0) is 49.0 Å². The van der Waals surface area contributed by atoms with Crippen molar-refractivity contribution in [2.45, 2.75) is 52.6 Å². The molecule has 1 aromatic carbocycles. The lowest BCUT2D eigenvalue weighted by atomic mass is 9.61. The van der Waals surface area contributed by atoms with Crippen molar-refractivity contribution >= 4 is 5.57 Å². The van der Waals surface area contributed by atoms with E-state index in [1.165, 1.54) is 12.1 Å². The molecule has 23 heavy (non-hydrogen) atoms. The lowest BCUT2D eigenvalue weighted by Crippen LogP contribution is -2.67. The molecule has 0 fully saturated rings. The predicted molar refractivity (Wildman–Crippen MR) is 94.6 cm³/mol. The van der Waals surface area contributed by atoms with Crippen molar-refractivity contribution < 1.29 is 9.50 Å². The maximum atomic E-state index is 13.3. The van der Waals surface area contributed by atoms with E-state index in [4.69, 9.17) is 0 Å². The zero-order chi connectivity index (χ0) is 17.4. The van der Waals surface area contributed by atoms with Crippen LogP contribution in [-0.4, -0.2) is 22.8 Å². The second kappa shape index (κ2) is 6.37. The standard InChI is InChI=1S/C20H30FNO/c1-13(2)20(14(3)4)18(12-23)17(11-19(5,6)22-20)15-7-9-16(21)10-8-15/h7-11,13-14,18,22-23H,12H2,1-6H3. The highest BCUT2D eigenvalue weighted by Crippen LogP contribution is 2.46. The number of nitrogens with one attached hydrogen (secondary N) is 1. The maximum Gasteiger partial charge on any atom is 0.123 e. The highest BCUT2D eigenvalue weighted by molar-refractivity contribution is 5.71. The van der Waals surface area contributed by atoms with Gasteiger partial charge in [-0.3, -0.25) is 0 Å². The molecular formula is C20H30FNO. The van der Waals surface area contributed by atoms with Crippen LogP contribution in [0.1, 0.15) is 47.1 Å². The molecule has 0 saturated carbocycles. The monoisotopic (exact) mass is 319 g/mol. The first-order valence-electron chi connectivity index (χ1n) is 8.53. The summed E-state index contributed by atoms with van der Waals surface area (Å²) in [6, 6.07) is 6.62. The van der Waals surface area contributed by atoms with Crippen molar-refractivity contribution in [2.75, 3.05) is 6.61 Å². The van der Waals surface area contributed by atoms with Crippen LogP contribution >= 0.6 is 0 Å². The predicted octanol–water partition coefficient (Wildman–Crippen LogP) is 4.25. The van der Waals surface area contributed by atoms with Crippen LogP contribution in [0.2, 0.25) is 0 Å². The van der Waals surface area contributed by atoms with Gasteiger partial charge in [-0.25, -0.2) is 4.39 Å². The molecule has 128 valence electrons. The van der Waals surface area contributed by atoms with E-state index in [9.17, 15) is 9.50 Å². The van der Waals surface area contributed by atoms with E-state index >= 15 is 0 Å². The maximum absolute atomic E-state index is 13.3. The van der Waals surface area contributed by atoms with Crippen LogP contribution in [-0.2, 0) is 0 Å². The van der Waals surface area contributed by atoms with Crippen molar-refractivity contribution in [2.24, 2.45) is 17.8 Å². The number of aliphatic hydroxyl groups excluding tert-OH is 1. The Hall–Kier alpha value is -1.19. The summed E-state index contributed by atoms with van der Waals surface area (Å²) in [7, 11) is 0. The van der Waals surface area contributed by atoms with E-state index in [2.05, 4.69) is 52.9 Å². The molecule has 2 N–H and O–H groups in total. The molecule has 1 aliphatic heterocycles. The quantitative estimate of drug-likeness (QED) is 0.869. The highest BCUT2D eigenvalue weighted by Gasteiger charge is 2.50. The van der Waals surface area contributed by atoms with Crippen LogP contribution in [0, 0.1) is 23.6 Å². The fraction of sp³-hybridized carbons (Fsp3) is 0.600. The van der Waals surface area contributed by atoms with Gasteiger partial charge in [-0.1, -0.05) is 45.9 Å². The third-order valence-corrected chi connectivity index (χ3v) is 5.28. The first kappa shape index (κ1) is 18.2. The summed E-state index contributed by atoms with van der Waals surface area (Å²) in [5.74, 6) is 0.439. The van der Waals surface area contributed by atoms with Crippen LogP contribution in [0.5, 0.6) is 0 Å². The molecule has 0 aromatic heterocycles. The van der Waals surface area contributed by atoms with Crippen LogP contribution < -0.4 is 5.32 Å². The van der Waals surface area contributed by atoms with Crippen molar-refractivity contribution in [1.82, 2.24) is 5.32 Å². The largest absolute Gasteiger partial charge is 0.396 e. The van der Waals surface area contributed by atoms with Gasteiger partial charge in [-0.15, -0.1) is 0 Å². The van der Waals surface area contributed by atoms with Gasteiger partial charge in [0.15, 0.2) is 0 Å². The summed E-state index contributed by atoms with van der Waals surface area (Å²) in [4.78, 5) is 0. The number of hydrogen-bond acceptors (Lipinski definition) is 2. The average molecular weight is 319 g/mol. The Morgan fingerprint density at radius 2 is 1.61 bits per heavy atom. The molecule has 0 saturated heterocycles. The molecule has 1 aromatic rings. The van der Waals surface area contributed by atoms with Gasteiger partial charge in [0.1, 0.15) is 5.82 Å². The van der Waals surface area contributed by atoms with Gasteiger partial charge in [0.25, 0.3) is 0 Å². The zero-order valence-electron chi connectivity index (χ0n) is 15.2. The van der Waals surface area contributed by atoms with E-state index in [0.717, 1.165) is 11.1 Å². The third kappa shape index (κ3) is 3.22. The van der Waals surface area contributed by atoms with Crippen LogP contribution in [0.4, 0.5) is 4.39 Å². The van der Waals surface area contributed by atoms with E-state index in [1.54, 1.807) is 0 Å². The number of halogens is 1. The number of aliphatic hydroxyl groups is 1. The normalized spacial score (nSPS) is 23.2. The minimum absolute atomic E-state index is 0.0269. The number of rotatable bonds is 4. The minimum atomic E-state index is -0.234. The van der Waals surface area contributed by atoms with Crippen LogP contribution in [0.15, 0.2) is 30.3 Å². The second-order valence-corrected chi connectivity index (χ2v) is 7.93. The summed E-state index contributed by atoms with van der Waals surface area (Å²) >= 11 is 0. The summed E-state index contributed by atoms with van der Waals surface area (Å²) in [6.45, 7) is 13.2. The molecular weight excluding hydrogens is 289 g/mol. The van der Waals surface area contributed by atoms with Gasteiger partial charge in [0.2, 0.25) is 0 Å². The molecule has 0 radical (unpaired) electrons. The Morgan fingerprint density at radius 1 is 1.09 bits per heavy atom. The van der Waals surface area contributed by atoms with E-state index in [-0.39, 0.29) is 29.4 Å². The molecule has 1 unspecified atom stereocenters. The fourth-order valence-electron chi connectivity index (χ4n) is 4.36. The minimum Gasteiger partial charge on any atom is -0.396 e. The molecule has 1 aliphatic rings. The summed E-state index contributed by atoms with van der Waals surface area (Å²) in [6.07, 6.45) is 2.18. The van der Waals surface area contributed by atoms with Crippen molar-refractivity contribution in [3.05, 3.63) is 41.7 Å². The Bertz CT molecular complexity index is 564. The van der Waals surface area contributed by atoms with Gasteiger partial charge in [-0.2, -0.15) is 0 Å². The Labute approximate surface area is 139 Å². The Morgan fingerprint density at radius 3 is 2.04 bits per heavy atom. The van der Waals surface area contributed by atoms with Crippen molar-refractivity contribution in [3.63, 3.8) is 0 Å². The molecule has 3 heteroatoms. The molecule has 2 rings (SSSR count). The Kier molecular flexibility index (Phi) is 5.03. The third-order valence-electron chi connectivity index (χ3n) is 5.28. The van der Waals surface area contributed by atoms with Gasteiger partial charge < -0.3 is 10.4 Å². The van der Waals surface area contributed by atoms with Gasteiger partial charge >= 0.3 is 0 Å². The van der Waals surface area contributed by atoms with Gasteiger partial charge in [0.05, 0.1) is 6.61 Å². The molecule has 2 nitrogen and oxygen atoms in total. The molecule has 0 aliphatic carbocycles. The molecule has 0 bridgehead atoms. The molecule has 0 spiro atoms. The summed E-state index contributed by atoms with van der Waals surface area (Å²) in [5.41, 5.74) is 1.70. The zero-order valence-corrected chi connectivity index (χ0v) is 15.2. The smallest absolute Gasteiger partial charge is 0.123 e.